The van der Waals surface area contributed by atoms with Gasteiger partial charge in [0.05, 0.1) is 18.7 Å². The van der Waals surface area contributed by atoms with E-state index in [1.165, 1.54) is 19.0 Å². The second kappa shape index (κ2) is 6.73. The molecule has 1 aliphatic heterocycles. The molecule has 0 saturated carbocycles. The van der Waals surface area contributed by atoms with Crippen LogP contribution in [0.3, 0.4) is 0 Å². The highest BCUT2D eigenvalue weighted by Gasteiger charge is 2.47. The SMILES string of the molecule is CN(C)C(=O)[C@@H]1C[C@@H](OCC#N)CN1OC(=O)C(F)(F)F. The summed E-state index contributed by atoms with van der Waals surface area (Å²) < 4.78 is 41.7. The Labute approximate surface area is 118 Å². The van der Waals surface area contributed by atoms with Crippen molar-refractivity contribution in [3.8, 4) is 6.07 Å². The standard InChI is InChI=1S/C11H14F3N3O4/c1-16(2)9(18)8-5-7(20-4-3-15)6-17(8)21-10(19)11(12,13)14/h7-8H,4-6H2,1-2H3/t7-,8+/m1/s1. The molecule has 1 amide bonds. The van der Waals surface area contributed by atoms with Gasteiger partial charge in [0, 0.05) is 20.5 Å². The smallest absolute Gasteiger partial charge is 0.362 e. The fraction of sp³-hybridized carbons (Fsp3) is 0.727. The van der Waals surface area contributed by atoms with Gasteiger partial charge in [0.15, 0.2) is 0 Å². The monoisotopic (exact) mass is 309 g/mol. The predicted molar refractivity (Wildman–Crippen MR) is 61.3 cm³/mol. The molecule has 7 nitrogen and oxygen atoms in total. The van der Waals surface area contributed by atoms with Crippen molar-refractivity contribution in [1.29, 1.82) is 5.26 Å². The molecule has 0 aromatic heterocycles. The lowest BCUT2D eigenvalue weighted by Gasteiger charge is -2.24. The van der Waals surface area contributed by atoms with E-state index in [1.54, 1.807) is 6.07 Å². The van der Waals surface area contributed by atoms with Crippen LogP contribution >= 0.6 is 0 Å². The lowest BCUT2D eigenvalue weighted by atomic mass is 10.2. The van der Waals surface area contributed by atoms with Crippen molar-refractivity contribution in [2.24, 2.45) is 0 Å². The first-order valence-corrected chi connectivity index (χ1v) is 5.92. The van der Waals surface area contributed by atoms with Gasteiger partial charge < -0.3 is 14.5 Å². The maximum atomic E-state index is 12.2. The number of nitrogens with zero attached hydrogens (tertiary/aromatic N) is 3. The number of hydroxylamine groups is 2. The van der Waals surface area contributed by atoms with Crippen LogP contribution in [0.1, 0.15) is 6.42 Å². The van der Waals surface area contributed by atoms with E-state index in [-0.39, 0.29) is 19.6 Å². The Morgan fingerprint density at radius 3 is 2.52 bits per heavy atom. The maximum absolute atomic E-state index is 12.2. The normalized spacial score (nSPS) is 22.7. The van der Waals surface area contributed by atoms with Gasteiger partial charge in [-0.3, -0.25) is 4.79 Å². The van der Waals surface area contributed by atoms with Crippen LogP contribution in [0.5, 0.6) is 0 Å². The summed E-state index contributed by atoms with van der Waals surface area (Å²) in [6.45, 7) is -0.484. The van der Waals surface area contributed by atoms with Gasteiger partial charge in [-0.05, 0) is 0 Å². The molecule has 0 bridgehead atoms. The number of ether oxygens (including phenoxy) is 1. The maximum Gasteiger partial charge on any atom is 0.492 e. The highest BCUT2D eigenvalue weighted by molar-refractivity contribution is 5.82. The topological polar surface area (TPSA) is 82.9 Å². The highest BCUT2D eigenvalue weighted by Crippen LogP contribution is 2.25. The van der Waals surface area contributed by atoms with Gasteiger partial charge in [-0.2, -0.15) is 18.4 Å². The Kier molecular flexibility index (Phi) is 5.51. The first-order valence-electron chi connectivity index (χ1n) is 5.92. The van der Waals surface area contributed by atoms with Gasteiger partial charge in [-0.15, -0.1) is 5.06 Å². The van der Waals surface area contributed by atoms with E-state index in [2.05, 4.69) is 4.84 Å². The van der Waals surface area contributed by atoms with Gasteiger partial charge in [0.25, 0.3) is 0 Å². The first kappa shape index (κ1) is 17.2. The Bertz CT molecular complexity index is 447. The molecule has 1 fully saturated rings. The van der Waals surface area contributed by atoms with Gasteiger partial charge in [-0.1, -0.05) is 0 Å². The van der Waals surface area contributed by atoms with E-state index in [0.29, 0.717) is 5.06 Å². The van der Waals surface area contributed by atoms with Crippen LogP contribution in [-0.4, -0.2) is 67.4 Å². The fourth-order valence-corrected chi connectivity index (χ4v) is 1.83. The molecule has 0 spiro atoms. The van der Waals surface area contributed by atoms with Crippen LogP contribution in [0.25, 0.3) is 0 Å². The van der Waals surface area contributed by atoms with Gasteiger partial charge in [0.1, 0.15) is 12.6 Å². The van der Waals surface area contributed by atoms with E-state index < -0.39 is 30.2 Å². The van der Waals surface area contributed by atoms with Gasteiger partial charge >= 0.3 is 12.1 Å². The largest absolute Gasteiger partial charge is 0.492 e. The van der Waals surface area contributed by atoms with Gasteiger partial charge in [-0.25, -0.2) is 4.79 Å². The summed E-state index contributed by atoms with van der Waals surface area (Å²) in [6.07, 6.45) is -5.79. The van der Waals surface area contributed by atoms with Crippen LogP contribution < -0.4 is 0 Å². The zero-order valence-electron chi connectivity index (χ0n) is 11.4. The minimum Gasteiger partial charge on any atom is -0.362 e. The molecule has 0 aromatic rings. The van der Waals surface area contributed by atoms with E-state index in [4.69, 9.17) is 10.00 Å². The van der Waals surface area contributed by atoms with Crippen molar-refractivity contribution in [3.05, 3.63) is 0 Å². The molecule has 2 atom stereocenters. The predicted octanol–water partition coefficient (Wildman–Crippen LogP) is 0.0782. The molecule has 10 heteroatoms. The summed E-state index contributed by atoms with van der Waals surface area (Å²) >= 11 is 0. The molecular formula is C11H14F3N3O4. The number of nitriles is 1. The van der Waals surface area contributed by atoms with E-state index in [0.717, 1.165) is 0 Å². The molecule has 0 aromatic carbocycles. The zero-order chi connectivity index (χ0) is 16.2. The lowest BCUT2D eigenvalue weighted by molar-refractivity contribution is -0.242. The summed E-state index contributed by atoms with van der Waals surface area (Å²) in [5, 5.41) is 9.06. The van der Waals surface area contributed by atoms with Crippen LogP contribution in [-0.2, 0) is 19.2 Å². The van der Waals surface area contributed by atoms with Crippen LogP contribution in [0, 0.1) is 11.3 Å². The summed E-state index contributed by atoms with van der Waals surface area (Å²) in [6, 6.07) is 0.643. The minimum absolute atomic E-state index is 0.0316. The minimum atomic E-state index is -5.16. The van der Waals surface area contributed by atoms with E-state index in [9.17, 15) is 22.8 Å². The number of alkyl halides is 3. The average Bonchev–Trinajstić information content (AvgIpc) is 2.77. The Hall–Kier alpha value is -1.86. The second-order valence-electron chi connectivity index (χ2n) is 4.55. The summed E-state index contributed by atoms with van der Waals surface area (Å²) in [4.78, 5) is 28.2. The van der Waals surface area contributed by atoms with Crippen molar-refractivity contribution in [2.75, 3.05) is 27.2 Å². The van der Waals surface area contributed by atoms with Crippen molar-refractivity contribution in [2.45, 2.75) is 24.7 Å². The van der Waals surface area contributed by atoms with Crippen LogP contribution in [0.2, 0.25) is 0 Å². The molecule has 0 N–H and O–H groups in total. The third-order valence-corrected chi connectivity index (χ3v) is 2.76. The van der Waals surface area contributed by atoms with Crippen molar-refractivity contribution in [1.82, 2.24) is 9.96 Å². The number of hydrogen-bond donors (Lipinski definition) is 0. The molecular weight excluding hydrogens is 295 g/mol. The third-order valence-electron chi connectivity index (χ3n) is 2.76. The summed E-state index contributed by atoms with van der Waals surface area (Å²) in [5.41, 5.74) is 0. The first-order chi connectivity index (χ1) is 9.66. The van der Waals surface area contributed by atoms with Gasteiger partial charge in [0.2, 0.25) is 5.91 Å². The van der Waals surface area contributed by atoms with Crippen LogP contribution in [0.4, 0.5) is 13.2 Å². The number of carbonyl (C=O) groups excluding carboxylic acids is 2. The number of rotatable bonds is 4. The number of carbonyl (C=O) groups is 2. The molecule has 0 aliphatic carbocycles. The third kappa shape index (κ3) is 4.57. The van der Waals surface area contributed by atoms with E-state index in [1.807, 2.05) is 0 Å². The number of hydrogen-bond acceptors (Lipinski definition) is 6. The van der Waals surface area contributed by atoms with Crippen LogP contribution in [0.15, 0.2) is 0 Å². The summed E-state index contributed by atoms with van der Waals surface area (Å²) in [5.74, 6) is -2.92. The zero-order valence-corrected chi connectivity index (χ0v) is 11.4. The molecule has 1 heterocycles. The molecule has 1 saturated heterocycles. The summed E-state index contributed by atoms with van der Waals surface area (Å²) in [7, 11) is 2.85. The molecule has 0 unspecified atom stereocenters. The molecule has 118 valence electrons. The van der Waals surface area contributed by atoms with Crippen molar-refractivity contribution >= 4 is 11.9 Å². The Morgan fingerprint density at radius 1 is 1.43 bits per heavy atom. The molecule has 0 radical (unpaired) electrons. The van der Waals surface area contributed by atoms with Crippen molar-refractivity contribution in [3.63, 3.8) is 0 Å². The highest BCUT2D eigenvalue weighted by atomic mass is 19.4. The number of likely N-dealkylation sites (N-methyl/N-ethyl adjacent to an activating group) is 1. The Balaban J connectivity index is 2.79. The molecule has 1 rings (SSSR count). The van der Waals surface area contributed by atoms with Crippen molar-refractivity contribution < 1.29 is 32.3 Å². The lowest BCUT2D eigenvalue weighted by Crippen LogP contribution is -2.45. The second-order valence-corrected chi connectivity index (χ2v) is 4.55. The van der Waals surface area contributed by atoms with E-state index >= 15 is 0 Å². The quantitative estimate of drug-likeness (QED) is 0.731. The molecule has 1 aliphatic rings. The Morgan fingerprint density at radius 2 is 2.05 bits per heavy atom. The number of amides is 1. The number of halogens is 3. The fourth-order valence-electron chi connectivity index (χ4n) is 1.83. The average molecular weight is 309 g/mol. The molecule has 21 heavy (non-hydrogen) atoms.